The molecule has 1 saturated heterocycles. The summed E-state index contributed by atoms with van der Waals surface area (Å²) < 4.78 is 14.3. The van der Waals surface area contributed by atoms with Gasteiger partial charge in [0, 0.05) is 49.4 Å². The number of hydrogen-bond donors (Lipinski definition) is 1. The quantitative estimate of drug-likeness (QED) is 0.234. The molecule has 2 heterocycles. The van der Waals surface area contributed by atoms with Gasteiger partial charge in [-0.15, -0.1) is 19.7 Å². The zero-order valence-electron chi connectivity index (χ0n) is 31.7. The number of aliphatic imine (C=N–C) groups is 1. The lowest BCUT2D eigenvalue weighted by Crippen LogP contribution is -2.54. The third kappa shape index (κ3) is 11.5. The molecule has 48 heavy (non-hydrogen) atoms. The molecule has 2 fully saturated rings. The second-order valence-electron chi connectivity index (χ2n) is 13.6. The molecule has 0 spiro atoms. The van der Waals surface area contributed by atoms with Gasteiger partial charge in [-0.1, -0.05) is 58.1 Å². The first kappa shape index (κ1) is 42.4. The number of allylic oxidation sites excluding steroid dienone is 3. The van der Waals surface area contributed by atoms with Crippen molar-refractivity contribution in [1.29, 1.82) is 0 Å². The van der Waals surface area contributed by atoms with Gasteiger partial charge in [0.1, 0.15) is 5.82 Å². The Labute approximate surface area is 293 Å². The lowest BCUT2D eigenvalue weighted by atomic mass is 9.80. The Morgan fingerprint density at radius 1 is 1.10 bits per heavy atom. The van der Waals surface area contributed by atoms with Crippen molar-refractivity contribution in [2.45, 2.75) is 118 Å². The van der Waals surface area contributed by atoms with E-state index in [2.05, 4.69) is 93.7 Å². The number of aryl methyl sites for hydroxylation is 1. The molecule has 1 aromatic rings. The molecule has 266 valence electrons. The standard InChI is InChI=1S/C29H40FN3O.C7H12.C4H9N.C2H4/c1-9-25-22(6)26(28(34)31-16-24-14-11-19(3)15-27(24)30)17-33(23(25)7)29(8)18-32(10-2)21(5)13-12-20(29)4;1-2-7-5-3-4-6-7;1-4(2)5-3;1-2/h10-11,14-15,17,20-21H,2,6,9,12-13,16,18H2,1,3-5,7-8H3,(H,31,34);2,7H,1,3-6H2;1-3H3;1-2H2. The largest absolute Gasteiger partial charge is 0.373 e. The van der Waals surface area contributed by atoms with Crippen LogP contribution in [0.15, 0.2) is 97.0 Å². The maximum Gasteiger partial charge on any atom is 0.253 e. The minimum atomic E-state index is -0.304. The fourth-order valence-corrected chi connectivity index (χ4v) is 6.49. The Morgan fingerprint density at radius 2 is 1.71 bits per heavy atom. The maximum atomic E-state index is 14.3. The highest BCUT2D eigenvalue weighted by Crippen LogP contribution is 2.42. The van der Waals surface area contributed by atoms with Gasteiger partial charge in [-0.05, 0) is 114 Å². The van der Waals surface area contributed by atoms with Crippen LogP contribution in [0.4, 0.5) is 4.39 Å². The third-order valence-electron chi connectivity index (χ3n) is 10.1. The van der Waals surface area contributed by atoms with Crippen molar-refractivity contribution >= 4 is 11.6 Å². The monoisotopic (exact) mass is 661 g/mol. The zero-order valence-corrected chi connectivity index (χ0v) is 31.7. The topological polar surface area (TPSA) is 47.9 Å². The van der Waals surface area contributed by atoms with Gasteiger partial charge in [0.05, 0.1) is 11.1 Å². The van der Waals surface area contributed by atoms with Gasteiger partial charge < -0.3 is 15.1 Å². The number of carbonyl (C=O) groups is 1. The highest BCUT2D eigenvalue weighted by Gasteiger charge is 2.43. The molecule has 1 aliphatic carbocycles. The second-order valence-corrected chi connectivity index (χ2v) is 13.6. The van der Waals surface area contributed by atoms with E-state index in [0.717, 1.165) is 59.8 Å². The number of nitrogens with one attached hydrogen (secondary N) is 1. The Bertz CT molecular complexity index is 1330. The SMILES string of the molecule is C=C.C=CC1CCCC1.C=CN1CC(C)(N2C=C(C(=O)NCc3ccc(C)cc3F)C(=C)C(CC)=C2C)C(C)CCC1C.CN=C(C)C. The summed E-state index contributed by atoms with van der Waals surface area (Å²) in [6.07, 6.45) is 14.6. The van der Waals surface area contributed by atoms with E-state index in [1.165, 1.54) is 31.7 Å². The number of rotatable bonds is 7. The van der Waals surface area contributed by atoms with Crippen LogP contribution >= 0.6 is 0 Å². The average molecular weight is 661 g/mol. The molecule has 2 aliphatic heterocycles. The molecule has 5 nitrogen and oxygen atoms in total. The number of likely N-dealkylation sites (tertiary alicyclic amines) is 1. The van der Waals surface area contributed by atoms with Gasteiger partial charge in [0.15, 0.2) is 0 Å². The maximum absolute atomic E-state index is 14.3. The van der Waals surface area contributed by atoms with Crippen LogP contribution in [-0.4, -0.2) is 46.6 Å². The molecule has 4 rings (SSSR count). The molecule has 1 saturated carbocycles. The number of benzene rings is 1. The number of carbonyl (C=O) groups excluding carboxylic acids is 1. The minimum absolute atomic E-state index is 0.134. The van der Waals surface area contributed by atoms with Crippen LogP contribution in [0.5, 0.6) is 0 Å². The minimum Gasteiger partial charge on any atom is -0.373 e. The van der Waals surface area contributed by atoms with Crippen molar-refractivity contribution in [2.75, 3.05) is 13.6 Å². The lowest BCUT2D eigenvalue weighted by molar-refractivity contribution is -0.117. The summed E-state index contributed by atoms with van der Waals surface area (Å²) in [6, 6.07) is 5.49. The zero-order chi connectivity index (χ0) is 36.6. The molecule has 1 amide bonds. The molecule has 1 N–H and O–H groups in total. The molecule has 3 atom stereocenters. The summed E-state index contributed by atoms with van der Waals surface area (Å²) in [7, 11) is 1.79. The van der Waals surface area contributed by atoms with Crippen LogP contribution in [0.2, 0.25) is 0 Å². The molecular weight excluding hydrogens is 595 g/mol. The number of amides is 1. The predicted molar refractivity (Wildman–Crippen MR) is 206 cm³/mol. The van der Waals surface area contributed by atoms with Crippen LogP contribution in [0.25, 0.3) is 0 Å². The van der Waals surface area contributed by atoms with Crippen LogP contribution in [0.3, 0.4) is 0 Å². The van der Waals surface area contributed by atoms with E-state index >= 15 is 0 Å². The third-order valence-corrected chi connectivity index (χ3v) is 10.1. The first-order valence-electron chi connectivity index (χ1n) is 17.6. The molecule has 3 unspecified atom stereocenters. The lowest BCUT2D eigenvalue weighted by Gasteiger charge is -2.49. The number of nitrogens with zero attached hydrogens (tertiary/aromatic N) is 3. The highest BCUT2D eigenvalue weighted by atomic mass is 19.1. The van der Waals surface area contributed by atoms with Crippen LogP contribution in [0, 0.1) is 24.6 Å². The van der Waals surface area contributed by atoms with E-state index < -0.39 is 0 Å². The van der Waals surface area contributed by atoms with Crippen molar-refractivity contribution in [1.82, 2.24) is 15.1 Å². The summed E-state index contributed by atoms with van der Waals surface area (Å²) in [6.45, 7) is 35.9. The van der Waals surface area contributed by atoms with Gasteiger partial charge >= 0.3 is 0 Å². The molecule has 0 radical (unpaired) electrons. The Kier molecular flexibility index (Phi) is 18.2. The summed E-state index contributed by atoms with van der Waals surface area (Å²) in [5.74, 6) is 0.732. The van der Waals surface area contributed by atoms with E-state index in [9.17, 15) is 9.18 Å². The van der Waals surface area contributed by atoms with E-state index in [4.69, 9.17) is 0 Å². The molecule has 0 bridgehead atoms. The molecular formula is C42H65FN4O. The normalized spacial score (nSPS) is 22.4. The summed E-state index contributed by atoms with van der Waals surface area (Å²) in [5.41, 5.74) is 5.76. The van der Waals surface area contributed by atoms with Gasteiger partial charge in [-0.25, -0.2) is 4.39 Å². The van der Waals surface area contributed by atoms with E-state index in [1.807, 2.05) is 39.2 Å². The van der Waals surface area contributed by atoms with E-state index in [0.29, 0.717) is 23.1 Å². The first-order chi connectivity index (χ1) is 22.7. The summed E-state index contributed by atoms with van der Waals surface area (Å²) >= 11 is 0. The van der Waals surface area contributed by atoms with Gasteiger partial charge in [-0.2, -0.15) is 0 Å². The van der Waals surface area contributed by atoms with Gasteiger partial charge in [-0.3, -0.25) is 9.79 Å². The van der Waals surface area contributed by atoms with Crippen LogP contribution in [0.1, 0.15) is 105 Å². The van der Waals surface area contributed by atoms with Crippen molar-refractivity contribution < 1.29 is 9.18 Å². The Hall–Kier alpha value is -3.67. The van der Waals surface area contributed by atoms with Crippen molar-refractivity contribution in [3.63, 3.8) is 0 Å². The van der Waals surface area contributed by atoms with E-state index in [-0.39, 0.29) is 23.8 Å². The number of halogens is 1. The molecule has 3 aliphatic rings. The van der Waals surface area contributed by atoms with Crippen molar-refractivity contribution in [2.24, 2.45) is 16.8 Å². The molecule has 1 aromatic carbocycles. The molecule has 0 aromatic heterocycles. The van der Waals surface area contributed by atoms with Crippen LogP contribution in [-0.2, 0) is 11.3 Å². The second kappa shape index (κ2) is 20.6. The fourth-order valence-electron chi connectivity index (χ4n) is 6.49. The van der Waals surface area contributed by atoms with Crippen molar-refractivity contribution in [3.05, 3.63) is 109 Å². The van der Waals surface area contributed by atoms with Gasteiger partial charge in [0.2, 0.25) is 0 Å². The fraction of sp³-hybridized carbons (Fsp3) is 0.524. The number of hydrogen-bond acceptors (Lipinski definition) is 4. The Balaban J connectivity index is 0.000000686. The first-order valence-corrected chi connectivity index (χ1v) is 17.6. The summed E-state index contributed by atoms with van der Waals surface area (Å²) in [4.78, 5) is 21.8. The Morgan fingerprint density at radius 3 is 2.19 bits per heavy atom. The van der Waals surface area contributed by atoms with E-state index in [1.54, 1.807) is 13.1 Å². The molecule has 6 heteroatoms. The average Bonchev–Trinajstić information content (AvgIpc) is 3.58. The summed E-state index contributed by atoms with van der Waals surface area (Å²) in [5, 5.41) is 2.92. The van der Waals surface area contributed by atoms with Gasteiger partial charge in [0.25, 0.3) is 5.91 Å². The van der Waals surface area contributed by atoms with Crippen molar-refractivity contribution in [3.8, 4) is 0 Å². The smallest absolute Gasteiger partial charge is 0.253 e. The van der Waals surface area contributed by atoms with Crippen LogP contribution < -0.4 is 5.32 Å². The highest BCUT2D eigenvalue weighted by molar-refractivity contribution is 5.99. The predicted octanol–water partition coefficient (Wildman–Crippen LogP) is 10.5.